The van der Waals surface area contributed by atoms with E-state index in [1.165, 1.54) is 4.85 Å². The largest absolute Gasteiger partial charge is 0.337 e. The van der Waals surface area contributed by atoms with E-state index >= 15 is 0 Å². The van der Waals surface area contributed by atoms with Gasteiger partial charge in [0.05, 0.1) is 14.1 Å². The van der Waals surface area contributed by atoms with Crippen molar-refractivity contribution in [3.8, 4) is 0 Å². The Bertz CT molecular complexity index is 505. The first-order chi connectivity index (χ1) is 8.00. The predicted octanol–water partition coefficient (Wildman–Crippen LogP) is 0.370. The summed E-state index contributed by atoms with van der Waals surface area (Å²) in [6.45, 7) is 0.486. The number of fused-ring (bicyclic) bond motifs is 1. The molecule has 6 heteroatoms. The molecule has 1 aromatic heterocycles. The fraction of sp³-hybridized carbons (Fsp3) is 0.455. The molecule has 17 heavy (non-hydrogen) atoms. The molecule has 0 saturated carbocycles. The Hall–Kier alpha value is -1.66. The standard InChI is InChI=1S/C11H18N5O/c1-14(2)16(3,4)9-17-15-11-8-6-5-7-10(11)12-13-15/h5-8H,9H2,1-4H3/q+1. The molecule has 6 nitrogen and oxygen atoms in total. The van der Waals surface area contributed by atoms with Gasteiger partial charge in [-0.15, -0.1) is 5.10 Å². The SMILES string of the molecule is CN(C)[N+](C)(C)COn1nnc2ccccc21. The van der Waals surface area contributed by atoms with Gasteiger partial charge in [-0.3, -0.25) is 0 Å². The number of para-hydroxylation sites is 1. The van der Waals surface area contributed by atoms with Gasteiger partial charge in [-0.2, -0.15) is 5.01 Å². The minimum atomic E-state index is 0.486. The van der Waals surface area contributed by atoms with E-state index in [1.807, 2.05) is 38.4 Å². The third-order valence-electron chi connectivity index (χ3n) is 2.90. The van der Waals surface area contributed by atoms with Gasteiger partial charge in [-0.25, -0.2) is 4.59 Å². The van der Waals surface area contributed by atoms with Crippen LogP contribution in [-0.4, -0.2) is 59.7 Å². The van der Waals surface area contributed by atoms with Crippen molar-refractivity contribution in [3.63, 3.8) is 0 Å². The van der Waals surface area contributed by atoms with Gasteiger partial charge in [-0.05, 0) is 17.3 Å². The molecule has 1 heterocycles. The third kappa shape index (κ3) is 2.37. The molecule has 0 fully saturated rings. The third-order valence-corrected chi connectivity index (χ3v) is 2.90. The van der Waals surface area contributed by atoms with E-state index in [0.717, 1.165) is 11.0 Å². The molecule has 0 saturated heterocycles. The lowest BCUT2D eigenvalue weighted by atomic mass is 10.3. The number of hydrogen-bond acceptors (Lipinski definition) is 4. The molecule has 0 atom stereocenters. The molecule has 2 rings (SSSR count). The highest BCUT2D eigenvalue weighted by Gasteiger charge is 2.20. The van der Waals surface area contributed by atoms with E-state index in [4.69, 9.17) is 4.84 Å². The zero-order chi connectivity index (χ0) is 12.5. The smallest absolute Gasteiger partial charge is 0.265 e. The quantitative estimate of drug-likeness (QED) is 0.437. The van der Waals surface area contributed by atoms with Crippen LogP contribution in [0, 0.1) is 0 Å². The Morgan fingerprint density at radius 1 is 1.29 bits per heavy atom. The van der Waals surface area contributed by atoms with Gasteiger partial charge in [0, 0.05) is 14.1 Å². The molecule has 0 aliphatic heterocycles. The van der Waals surface area contributed by atoms with Crippen molar-refractivity contribution in [2.75, 3.05) is 34.9 Å². The normalized spacial score (nSPS) is 12.3. The zero-order valence-corrected chi connectivity index (χ0v) is 10.7. The number of benzene rings is 1. The first kappa shape index (κ1) is 11.8. The van der Waals surface area contributed by atoms with Crippen LogP contribution in [0.15, 0.2) is 24.3 Å². The molecule has 2 aromatic rings. The molecule has 1 aromatic carbocycles. The summed E-state index contributed by atoms with van der Waals surface area (Å²) in [6, 6.07) is 7.72. The zero-order valence-electron chi connectivity index (χ0n) is 10.7. The van der Waals surface area contributed by atoms with Crippen LogP contribution in [0.2, 0.25) is 0 Å². The topological polar surface area (TPSA) is 43.2 Å². The van der Waals surface area contributed by atoms with Gasteiger partial charge in [0.1, 0.15) is 11.0 Å². The van der Waals surface area contributed by atoms with E-state index < -0.39 is 0 Å². The summed E-state index contributed by atoms with van der Waals surface area (Å²) in [7, 11) is 8.11. The Kier molecular flexibility index (Phi) is 2.99. The Labute approximate surface area is 101 Å². The van der Waals surface area contributed by atoms with Crippen molar-refractivity contribution in [1.29, 1.82) is 0 Å². The number of hydrogen-bond donors (Lipinski definition) is 0. The summed E-state index contributed by atoms with van der Waals surface area (Å²) in [5, 5.41) is 10.1. The molecule has 0 aliphatic rings. The summed E-state index contributed by atoms with van der Waals surface area (Å²) in [6.07, 6.45) is 0. The highest BCUT2D eigenvalue weighted by molar-refractivity contribution is 5.73. The number of quaternary nitrogens is 1. The maximum atomic E-state index is 5.66. The van der Waals surface area contributed by atoms with Gasteiger partial charge in [0.2, 0.25) is 0 Å². The van der Waals surface area contributed by atoms with E-state index in [2.05, 4.69) is 29.4 Å². The Morgan fingerprint density at radius 2 is 2.00 bits per heavy atom. The highest BCUT2D eigenvalue weighted by Crippen LogP contribution is 2.08. The second-order valence-electron chi connectivity index (χ2n) is 4.68. The van der Waals surface area contributed by atoms with Crippen LogP contribution in [0.5, 0.6) is 0 Å². The second kappa shape index (κ2) is 4.31. The van der Waals surface area contributed by atoms with Crippen molar-refractivity contribution in [2.24, 2.45) is 0 Å². The monoisotopic (exact) mass is 236 g/mol. The molecule has 0 aliphatic carbocycles. The van der Waals surface area contributed by atoms with Gasteiger partial charge in [0.25, 0.3) is 6.73 Å². The average Bonchev–Trinajstić information content (AvgIpc) is 2.69. The van der Waals surface area contributed by atoms with Crippen LogP contribution in [0.25, 0.3) is 11.0 Å². The van der Waals surface area contributed by atoms with E-state index in [-0.39, 0.29) is 0 Å². The van der Waals surface area contributed by atoms with Gasteiger partial charge in [-0.1, -0.05) is 17.0 Å². The molecule has 0 amide bonds. The van der Waals surface area contributed by atoms with Gasteiger partial charge >= 0.3 is 0 Å². The predicted molar refractivity (Wildman–Crippen MR) is 64.8 cm³/mol. The summed E-state index contributed by atoms with van der Waals surface area (Å²) in [4.78, 5) is 7.13. The Morgan fingerprint density at radius 3 is 2.71 bits per heavy atom. The summed E-state index contributed by atoms with van der Waals surface area (Å²) >= 11 is 0. The molecule has 0 N–H and O–H groups in total. The molecule has 92 valence electrons. The summed E-state index contributed by atoms with van der Waals surface area (Å²) in [5.74, 6) is 0. The van der Waals surface area contributed by atoms with Crippen molar-refractivity contribution < 1.29 is 9.43 Å². The number of aromatic nitrogens is 3. The lowest BCUT2D eigenvalue weighted by molar-refractivity contribution is -1.01. The average molecular weight is 236 g/mol. The second-order valence-corrected chi connectivity index (χ2v) is 4.68. The molecular weight excluding hydrogens is 218 g/mol. The van der Waals surface area contributed by atoms with Crippen molar-refractivity contribution in [2.45, 2.75) is 0 Å². The lowest BCUT2D eigenvalue weighted by Gasteiger charge is -2.33. The van der Waals surface area contributed by atoms with Crippen molar-refractivity contribution >= 4 is 11.0 Å². The van der Waals surface area contributed by atoms with Crippen molar-refractivity contribution in [3.05, 3.63) is 24.3 Å². The minimum Gasteiger partial charge on any atom is -0.337 e. The summed E-state index contributed by atoms with van der Waals surface area (Å²) in [5.41, 5.74) is 1.72. The fourth-order valence-electron chi connectivity index (χ4n) is 1.25. The molecule has 0 unspecified atom stereocenters. The maximum absolute atomic E-state index is 5.66. The van der Waals surface area contributed by atoms with Crippen LogP contribution in [-0.2, 0) is 0 Å². The van der Waals surface area contributed by atoms with Crippen molar-refractivity contribution in [1.82, 2.24) is 20.2 Å². The van der Waals surface area contributed by atoms with Gasteiger partial charge in [0.15, 0.2) is 0 Å². The van der Waals surface area contributed by atoms with Crippen LogP contribution in [0.3, 0.4) is 0 Å². The Balaban J connectivity index is 2.14. The number of rotatable bonds is 4. The first-order valence-corrected chi connectivity index (χ1v) is 5.45. The van der Waals surface area contributed by atoms with Crippen LogP contribution in [0.1, 0.15) is 0 Å². The fourth-order valence-corrected chi connectivity index (χ4v) is 1.25. The van der Waals surface area contributed by atoms with Crippen LogP contribution >= 0.6 is 0 Å². The maximum Gasteiger partial charge on any atom is 0.265 e. The van der Waals surface area contributed by atoms with Gasteiger partial charge < -0.3 is 4.84 Å². The van der Waals surface area contributed by atoms with E-state index in [0.29, 0.717) is 11.3 Å². The first-order valence-electron chi connectivity index (χ1n) is 5.45. The summed E-state index contributed by atoms with van der Waals surface area (Å²) < 4.78 is 0.605. The molecule has 0 bridgehead atoms. The van der Waals surface area contributed by atoms with Crippen LogP contribution in [0.4, 0.5) is 0 Å². The number of nitrogens with zero attached hydrogens (tertiary/aromatic N) is 5. The van der Waals surface area contributed by atoms with Crippen LogP contribution < -0.4 is 4.84 Å². The molecular formula is C11H18N5O+. The highest BCUT2D eigenvalue weighted by atomic mass is 16.7. The van der Waals surface area contributed by atoms with E-state index in [9.17, 15) is 0 Å². The molecule has 0 radical (unpaired) electrons. The molecule has 0 spiro atoms. The van der Waals surface area contributed by atoms with E-state index in [1.54, 1.807) is 0 Å². The minimum absolute atomic E-state index is 0.486. The lowest BCUT2D eigenvalue weighted by Crippen LogP contribution is -2.53.